The summed E-state index contributed by atoms with van der Waals surface area (Å²) in [6.07, 6.45) is 1.54. The van der Waals surface area contributed by atoms with E-state index in [9.17, 15) is 13.2 Å². The minimum atomic E-state index is -3.61. The molecule has 1 aromatic carbocycles. The maximum atomic E-state index is 12.6. The maximum Gasteiger partial charge on any atom is 0.270 e. The smallest absolute Gasteiger partial charge is 0.270 e. The van der Waals surface area contributed by atoms with E-state index in [1.807, 2.05) is 0 Å². The second-order valence-electron chi connectivity index (χ2n) is 5.39. The molecule has 9 heteroatoms. The minimum absolute atomic E-state index is 0.158. The zero-order chi connectivity index (χ0) is 17.3. The second kappa shape index (κ2) is 6.76. The molecule has 6 nitrogen and oxygen atoms in total. The molecule has 0 atom stereocenters. The van der Waals surface area contributed by atoms with Gasteiger partial charge in [0.15, 0.2) is 0 Å². The van der Waals surface area contributed by atoms with Crippen molar-refractivity contribution in [2.75, 3.05) is 26.2 Å². The lowest BCUT2D eigenvalue weighted by Gasteiger charge is -2.33. The Labute approximate surface area is 150 Å². The Bertz CT molecular complexity index is 858. The number of hydrogen-bond donors (Lipinski definition) is 1. The normalized spacial score (nSPS) is 16.3. The van der Waals surface area contributed by atoms with Gasteiger partial charge >= 0.3 is 0 Å². The van der Waals surface area contributed by atoms with Gasteiger partial charge in [-0.25, -0.2) is 8.42 Å². The predicted octanol–water partition coefficient (Wildman–Crippen LogP) is 2.47. The Balaban J connectivity index is 1.69. The molecule has 2 aromatic rings. The van der Waals surface area contributed by atoms with E-state index in [-0.39, 0.29) is 23.9 Å². The summed E-state index contributed by atoms with van der Waals surface area (Å²) < 4.78 is 26.6. The van der Waals surface area contributed by atoms with Crippen LogP contribution in [0.5, 0.6) is 0 Å². The van der Waals surface area contributed by atoms with Gasteiger partial charge in [0.2, 0.25) is 10.0 Å². The number of carbonyl (C=O) groups is 1. The number of carbonyl (C=O) groups excluding carboxylic acids is 1. The van der Waals surface area contributed by atoms with Crippen molar-refractivity contribution >= 4 is 39.1 Å². The molecule has 1 aliphatic rings. The van der Waals surface area contributed by atoms with E-state index in [1.54, 1.807) is 23.1 Å². The van der Waals surface area contributed by atoms with Gasteiger partial charge in [0.25, 0.3) is 5.91 Å². The average molecular weight is 388 g/mol. The lowest BCUT2D eigenvalue weighted by atomic mass is 10.3. The Morgan fingerprint density at radius 2 is 1.75 bits per heavy atom. The Morgan fingerprint density at radius 3 is 2.33 bits per heavy atom. The second-order valence-corrected chi connectivity index (χ2v) is 8.20. The first-order valence-electron chi connectivity index (χ1n) is 7.27. The van der Waals surface area contributed by atoms with Crippen molar-refractivity contribution in [3.05, 3.63) is 52.3 Å². The SMILES string of the molecule is O=C(c1cc(Cl)c[nH]1)N1CCN(S(=O)(=O)c2cccc(Cl)c2)CC1. The summed E-state index contributed by atoms with van der Waals surface area (Å²) in [5.74, 6) is -0.193. The van der Waals surface area contributed by atoms with Gasteiger partial charge in [-0.15, -0.1) is 0 Å². The molecular weight excluding hydrogens is 373 g/mol. The van der Waals surface area contributed by atoms with Gasteiger partial charge < -0.3 is 9.88 Å². The van der Waals surface area contributed by atoms with Gasteiger partial charge in [-0.05, 0) is 24.3 Å². The zero-order valence-corrected chi connectivity index (χ0v) is 14.9. The van der Waals surface area contributed by atoms with Crippen LogP contribution in [0.3, 0.4) is 0 Å². The molecule has 0 saturated carbocycles. The lowest BCUT2D eigenvalue weighted by Crippen LogP contribution is -2.50. The molecule has 0 bridgehead atoms. The highest BCUT2D eigenvalue weighted by atomic mass is 35.5. The van der Waals surface area contributed by atoms with Crippen LogP contribution in [0.15, 0.2) is 41.4 Å². The van der Waals surface area contributed by atoms with Gasteiger partial charge in [-0.2, -0.15) is 4.31 Å². The van der Waals surface area contributed by atoms with E-state index < -0.39 is 10.0 Å². The van der Waals surface area contributed by atoms with Gasteiger partial charge in [0.05, 0.1) is 9.92 Å². The number of sulfonamides is 1. The van der Waals surface area contributed by atoms with Gasteiger partial charge in [0.1, 0.15) is 5.69 Å². The van der Waals surface area contributed by atoms with Crippen LogP contribution in [0, 0.1) is 0 Å². The first-order valence-corrected chi connectivity index (χ1v) is 9.46. The molecule has 24 heavy (non-hydrogen) atoms. The van der Waals surface area contributed by atoms with Crippen molar-refractivity contribution in [2.24, 2.45) is 0 Å². The summed E-state index contributed by atoms with van der Waals surface area (Å²) in [6.45, 7) is 1.09. The van der Waals surface area contributed by atoms with Crippen LogP contribution < -0.4 is 0 Å². The number of aromatic nitrogens is 1. The molecule has 0 aliphatic carbocycles. The number of H-pyrrole nitrogens is 1. The molecule has 1 fully saturated rings. The fourth-order valence-electron chi connectivity index (χ4n) is 2.57. The number of aromatic amines is 1. The number of hydrogen-bond acceptors (Lipinski definition) is 3. The molecule has 0 spiro atoms. The fourth-order valence-corrected chi connectivity index (χ4v) is 4.46. The molecule has 3 rings (SSSR count). The number of rotatable bonds is 3. The van der Waals surface area contributed by atoms with E-state index in [0.29, 0.717) is 28.8 Å². The monoisotopic (exact) mass is 387 g/mol. The molecule has 1 aromatic heterocycles. The number of halogens is 2. The third-order valence-electron chi connectivity index (χ3n) is 3.84. The standard InChI is InChI=1S/C15H15Cl2N3O3S/c16-11-2-1-3-13(8-11)24(22,23)20-6-4-19(5-7-20)15(21)14-9-12(17)10-18-14/h1-3,8-10,18H,4-7H2. The summed E-state index contributed by atoms with van der Waals surface area (Å²) in [4.78, 5) is 16.9. The van der Waals surface area contributed by atoms with Crippen LogP contribution >= 0.6 is 23.2 Å². The highest BCUT2D eigenvalue weighted by Crippen LogP contribution is 2.21. The quantitative estimate of drug-likeness (QED) is 0.878. The Kier molecular flexibility index (Phi) is 4.87. The number of benzene rings is 1. The highest BCUT2D eigenvalue weighted by molar-refractivity contribution is 7.89. The fraction of sp³-hybridized carbons (Fsp3) is 0.267. The molecule has 2 heterocycles. The largest absolute Gasteiger partial charge is 0.356 e. The van der Waals surface area contributed by atoms with Crippen LogP contribution in [0.1, 0.15) is 10.5 Å². The third kappa shape index (κ3) is 3.44. The molecule has 1 N–H and O–H groups in total. The zero-order valence-electron chi connectivity index (χ0n) is 12.6. The molecule has 0 radical (unpaired) electrons. The van der Waals surface area contributed by atoms with E-state index in [0.717, 1.165) is 0 Å². The first-order chi connectivity index (χ1) is 11.4. The van der Waals surface area contributed by atoms with Crippen molar-refractivity contribution in [3.63, 3.8) is 0 Å². The molecule has 1 saturated heterocycles. The third-order valence-corrected chi connectivity index (χ3v) is 6.19. The number of amides is 1. The van der Waals surface area contributed by atoms with E-state index >= 15 is 0 Å². The maximum absolute atomic E-state index is 12.6. The molecular formula is C15H15Cl2N3O3S. The van der Waals surface area contributed by atoms with Crippen molar-refractivity contribution in [1.82, 2.24) is 14.2 Å². The van der Waals surface area contributed by atoms with Crippen molar-refractivity contribution < 1.29 is 13.2 Å². The first kappa shape index (κ1) is 17.3. The summed E-state index contributed by atoms with van der Waals surface area (Å²) in [7, 11) is -3.61. The van der Waals surface area contributed by atoms with Crippen LogP contribution in [-0.2, 0) is 10.0 Å². The lowest BCUT2D eigenvalue weighted by molar-refractivity contribution is 0.0692. The van der Waals surface area contributed by atoms with Crippen molar-refractivity contribution in [2.45, 2.75) is 4.90 Å². The van der Waals surface area contributed by atoms with Gasteiger partial charge in [-0.3, -0.25) is 4.79 Å². The topological polar surface area (TPSA) is 73.5 Å². The molecule has 1 amide bonds. The highest BCUT2D eigenvalue weighted by Gasteiger charge is 2.30. The van der Waals surface area contributed by atoms with Crippen LogP contribution in [0.2, 0.25) is 10.0 Å². The summed E-state index contributed by atoms with van der Waals surface area (Å²) in [6, 6.07) is 7.72. The summed E-state index contributed by atoms with van der Waals surface area (Å²) >= 11 is 11.7. The van der Waals surface area contributed by atoms with E-state index in [4.69, 9.17) is 23.2 Å². The number of nitrogens with one attached hydrogen (secondary N) is 1. The number of piperazine rings is 1. The van der Waals surface area contributed by atoms with Gasteiger partial charge in [-0.1, -0.05) is 29.3 Å². The van der Waals surface area contributed by atoms with E-state index in [2.05, 4.69) is 4.98 Å². The van der Waals surface area contributed by atoms with Crippen LogP contribution in [0.4, 0.5) is 0 Å². The van der Waals surface area contributed by atoms with Crippen LogP contribution in [0.25, 0.3) is 0 Å². The number of nitrogens with zero attached hydrogens (tertiary/aromatic N) is 2. The van der Waals surface area contributed by atoms with Crippen molar-refractivity contribution in [1.29, 1.82) is 0 Å². The average Bonchev–Trinajstić information content (AvgIpc) is 3.01. The molecule has 1 aliphatic heterocycles. The Hall–Kier alpha value is -1.54. The minimum Gasteiger partial charge on any atom is -0.356 e. The van der Waals surface area contributed by atoms with Gasteiger partial charge in [0, 0.05) is 37.4 Å². The van der Waals surface area contributed by atoms with E-state index in [1.165, 1.54) is 22.6 Å². The molecule has 128 valence electrons. The summed E-state index contributed by atoms with van der Waals surface area (Å²) in [5.41, 5.74) is 0.395. The van der Waals surface area contributed by atoms with Crippen LogP contribution in [-0.4, -0.2) is 54.7 Å². The van der Waals surface area contributed by atoms with Crippen molar-refractivity contribution in [3.8, 4) is 0 Å². The Morgan fingerprint density at radius 1 is 1.04 bits per heavy atom. The summed E-state index contributed by atoms with van der Waals surface area (Å²) in [5, 5.41) is 0.828. The molecule has 0 unspecified atom stereocenters. The predicted molar refractivity (Wildman–Crippen MR) is 91.9 cm³/mol.